The maximum atomic E-state index is 11.3. The van der Waals surface area contributed by atoms with Crippen molar-refractivity contribution >= 4 is 9.84 Å². The molecule has 1 heterocycles. The zero-order chi connectivity index (χ0) is 11.5. The van der Waals surface area contributed by atoms with Crippen molar-refractivity contribution in [2.75, 3.05) is 11.5 Å². The Morgan fingerprint density at radius 2 is 1.93 bits per heavy atom. The van der Waals surface area contributed by atoms with Crippen molar-refractivity contribution in [1.82, 2.24) is 5.32 Å². The molecule has 2 atom stereocenters. The minimum atomic E-state index is -2.74. The van der Waals surface area contributed by atoms with Crippen molar-refractivity contribution in [1.29, 1.82) is 0 Å². The molecule has 1 rings (SSSR count). The fourth-order valence-corrected chi connectivity index (χ4v) is 4.12. The van der Waals surface area contributed by atoms with Crippen LogP contribution in [-0.2, 0) is 9.84 Å². The third-order valence-corrected chi connectivity index (χ3v) is 5.25. The first kappa shape index (κ1) is 13.0. The molecule has 15 heavy (non-hydrogen) atoms. The van der Waals surface area contributed by atoms with Gasteiger partial charge in [-0.2, -0.15) is 0 Å². The van der Waals surface area contributed by atoms with Gasteiger partial charge in [-0.25, -0.2) is 8.42 Å². The molecule has 0 aromatic carbocycles. The molecule has 0 spiro atoms. The summed E-state index contributed by atoms with van der Waals surface area (Å²) in [6.07, 6.45) is 3.10. The second-order valence-electron chi connectivity index (χ2n) is 4.63. The van der Waals surface area contributed by atoms with E-state index in [0.717, 1.165) is 19.3 Å². The van der Waals surface area contributed by atoms with Crippen LogP contribution in [0.15, 0.2) is 0 Å². The van der Waals surface area contributed by atoms with E-state index in [4.69, 9.17) is 0 Å². The summed E-state index contributed by atoms with van der Waals surface area (Å²) in [7, 11) is -2.74. The zero-order valence-electron chi connectivity index (χ0n) is 9.99. The van der Waals surface area contributed by atoms with Crippen LogP contribution in [0.4, 0.5) is 0 Å². The molecule has 0 bridgehead atoms. The molecule has 4 heteroatoms. The fraction of sp³-hybridized carbons (Fsp3) is 1.00. The van der Waals surface area contributed by atoms with Crippen LogP contribution in [0.1, 0.15) is 40.0 Å². The molecule has 3 nitrogen and oxygen atoms in total. The van der Waals surface area contributed by atoms with Gasteiger partial charge in [-0.3, -0.25) is 0 Å². The SMILES string of the molecule is CCC(CC)C(C)NC1CCS(=O)(=O)C1. The molecule has 1 N–H and O–H groups in total. The molecular formula is C11H23NO2S. The fourth-order valence-electron chi connectivity index (χ4n) is 2.43. The van der Waals surface area contributed by atoms with Crippen LogP contribution in [-0.4, -0.2) is 32.0 Å². The first-order valence-corrected chi connectivity index (χ1v) is 7.77. The minimum Gasteiger partial charge on any atom is -0.310 e. The number of sulfone groups is 1. The van der Waals surface area contributed by atoms with E-state index < -0.39 is 9.84 Å². The summed E-state index contributed by atoms with van der Waals surface area (Å²) < 4.78 is 22.6. The monoisotopic (exact) mass is 233 g/mol. The van der Waals surface area contributed by atoms with Crippen molar-refractivity contribution < 1.29 is 8.42 Å². The van der Waals surface area contributed by atoms with Crippen LogP contribution in [0.3, 0.4) is 0 Å². The summed E-state index contributed by atoms with van der Waals surface area (Å²) in [6, 6.07) is 0.615. The quantitative estimate of drug-likeness (QED) is 0.784. The highest BCUT2D eigenvalue weighted by Gasteiger charge is 2.29. The predicted molar refractivity (Wildman–Crippen MR) is 63.7 cm³/mol. The van der Waals surface area contributed by atoms with E-state index in [-0.39, 0.29) is 6.04 Å². The smallest absolute Gasteiger partial charge is 0.151 e. The van der Waals surface area contributed by atoms with Crippen LogP contribution in [0.25, 0.3) is 0 Å². The standard InChI is InChI=1S/C11H23NO2S/c1-4-10(5-2)9(3)12-11-6-7-15(13,14)8-11/h9-12H,4-8H2,1-3H3. The van der Waals surface area contributed by atoms with Gasteiger partial charge in [0.05, 0.1) is 11.5 Å². The summed E-state index contributed by atoms with van der Waals surface area (Å²) >= 11 is 0. The average Bonchev–Trinajstić information content (AvgIpc) is 2.47. The summed E-state index contributed by atoms with van der Waals surface area (Å²) in [6.45, 7) is 6.55. The predicted octanol–water partition coefficient (Wildman–Crippen LogP) is 1.59. The number of hydrogen-bond acceptors (Lipinski definition) is 3. The summed E-state index contributed by atoms with van der Waals surface area (Å²) in [5.41, 5.74) is 0. The molecule has 90 valence electrons. The lowest BCUT2D eigenvalue weighted by molar-refractivity contribution is 0.329. The highest BCUT2D eigenvalue weighted by atomic mass is 32.2. The van der Waals surface area contributed by atoms with Gasteiger partial charge < -0.3 is 5.32 Å². The van der Waals surface area contributed by atoms with Gasteiger partial charge in [0.1, 0.15) is 0 Å². The lowest BCUT2D eigenvalue weighted by atomic mass is 9.95. The van der Waals surface area contributed by atoms with Gasteiger partial charge in [0.15, 0.2) is 9.84 Å². The van der Waals surface area contributed by atoms with Crippen LogP contribution < -0.4 is 5.32 Å². The van der Waals surface area contributed by atoms with Crippen LogP contribution in [0.2, 0.25) is 0 Å². The Morgan fingerprint density at radius 1 is 1.33 bits per heavy atom. The Balaban J connectivity index is 2.42. The molecule has 1 aliphatic rings. The number of rotatable bonds is 5. The van der Waals surface area contributed by atoms with Crippen LogP contribution in [0.5, 0.6) is 0 Å². The molecule has 0 radical (unpaired) electrons. The molecule has 2 unspecified atom stereocenters. The Morgan fingerprint density at radius 3 is 2.33 bits per heavy atom. The Bertz CT molecular complexity index is 283. The van der Waals surface area contributed by atoms with E-state index in [0.29, 0.717) is 23.5 Å². The summed E-state index contributed by atoms with van der Waals surface area (Å²) in [5.74, 6) is 1.35. The van der Waals surface area contributed by atoms with Crippen molar-refractivity contribution in [3.8, 4) is 0 Å². The second kappa shape index (κ2) is 5.30. The van der Waals surface area contributed by atoms with Gasteiger partial charge in [0, 0.05) is 12.1 Å². The summed E-state index contributed by atoms with van der Waals surface area (Å²) in [4.78, 5) is 0. The minimum absolute atomic E-state index is 0.186. The summed E-state index contributed by atoms with van der Waals surface area (Å²) in [5, 5.41) is 3.46. The van der Waals surface area contributed by atoms with E-state index in [1.807, 2.05) is 0 Å². The maximum Gasteiger partial charge on any atom is 0.151 e. The van der Waals surface area contributed by atoms with Crippen molar-refractivity contribution in [2.45, 2.75) is 52.1 Å². The molecule has 1 saturated heterocycles. The van der Waals surface area contributed by atoms with E-state index in [9.17, 15) is 8.42 Å². The second-order valence-corrected chi connectivity index (χ2v) is 6.86. The zero-order valence-corrected chi connectivity index (χ0v) is 10.8. The molecule has 0 aliphatic carbocycles. The normalized spacial score (nSPS) is 27.1. The third-order valence-electron chi connectivity index (χ3n) is 3.49. The van der Waals surface area contributed by atoms with E-state index in [1.54, 1.807) is 0 Å². The highest BCUT2D eigenvalue weighted by Crippen LogP contribution is 2.17. The third kappa shape index (κ3) is 3.76. The average molecular weight is 233 g/mol. The number of hydrogen-bond donors (Lipinski definition) is 1. The number of nitrogens with one attached hydrogen (secondary N) is 1. The van der Waals surface area contributed by atoms with E-state index in [1.165, 1.54) is 0 Å². The molecule has 1 fully saturated rings. The van der Waals surface area contributed by atoms with E-state index >= 15 is 0 Å². The van der Waals surface area contributed by atoms with Gasteiger partial charge in [-0.05, 0) is 19.3 Å². The molecule has 0 aromatic heterocycles. The Kier molecular flexibility index (Phi) is 4.59. The first-order valence-electron chi connectivity index (χ1n) is 5.95. The van der Waals surface area contributed by atoms with Crippen LogP contribution >= 0.6 is 0 Å². The largest absolute Gasteiger partial charge is 0.310 e. The lowest BCUT2D eigenvalue weighted by Gasteiger charge is -2.25. The van der Waals surface area contributed by atoms with Gasteiger partial charge in [0.2, 0.25) is 0 Å². The van der Waals surface area contributed by atoms with Crippen molar-refractivity contribution in [3.63, 3.8) is 0 Å². The molecule has 0 saturated carbocycles. The Labute approximate surface area is 93.6 Å². The lowest BCUT2D eigenvalue weighted by Crippen LogP contribution is -2.41. The van der Waals surface area contributed by atoms with Gasteiger partial charge >= 0.3 is 0 Å². The van der Waals surface area contributed by atoms with Gasteiger partial charge in [-0.1, -0.05) is 26.7 Å². The first-order chi connectivity index (χ1) is 6.98. The maximum absolute atomic E-state index is 11.3. The Hall–Kier alpha value is -0.0900. The molecular weight excluding hydrogens is 210 g/mol. The highest BCUT2D eigenvalue weighted by molar-refractivity contribution is 7.91. The van der Waals surface area contributed by atoms with Crippen molar-refractivity contribution in [3.05, 3.63) is 0 Å². The van der Waals surface area contributed by atoms with E-state index in [2.05, 4.69) is 26.1 Å². The molecule has 1 aliphatic heterocycles. The molecule has 0 amide bonds. The van der Waals surface area contributed by atoms with Gasteiger partial charge in [0.25, 0.3) is 0 Å². The van der Waals surface area contributed by atoms with Gasteiger partial charge in [-0.15, -0.1) is 0 Å². The van der Waals surface area contributed by atoms with Crippen molar-refractivity contribution in [2.24, 2.45) is 5.92 Å². The van der Waals surface area contributed by atoms with Crippen LogP contribution in [0, 0.1) is 5.92 Å². The topological polar surface area (TPSA) is 46.2 Å². The molecule has 0 aromatic rings.